The van der Waals surface area contributed by atoms with Gasteiger partial charge in [0, 0.05) is 37.1 Å². The zero-order valence-electron chi connectivity index (χ0n) is 18.9. The Kier molecular flexibility index (Phi) is 6.00. The van der Waals surface area contributed by atoms with E-state index in [2.05, 4.69) is 10.1 Å². The number of rotatable bonds is 8. The van der Waals surface area contributed by atoms with Crippen molar-refractivity contribution in [1.82, 2.24) is 19.5 Å². The van der Waals surface area contributed by atoms with Crippen molar-refractivity contribution in [2.24, 2.45) is 0 Å². The Labute approximate surface area is 192 Å². The van der Waals surface area contributed by atoms with Crippen LogP contribution in [0, 0.1) is 0 Å². The van der Waals surface area contributed by atoms with E-state index in [1.807, 2.05) is 61.2 Å². The second kappa shape index (κ2) is 9.23. The molecule has 4 heterocycles. The maximum absolute atomic E-state index is 12.7. The van der Waals surface area contributed by atoms with E-state index >= 15 is 0 Å². The van der Waals surface area contributed by atoms with E-state index < -0.39 is 6.10 Å². The summed E-state index contributed by atoms with van der Waals surface area (Å²) in [6, 6.07) is 13.7. The van der Waals surface area contributed by atoms with Crippen LogP contribution >= 0.6 is 0 Å². The number of likely N-dealkylation sites (tertiary alicyclic amines) is 1. The van der Waals surface area contributed by atoms with Gasteiger partial charge < -0.3 is 18.8 Å². The Morgan fingerprint density at radius 1 is 1.27 bits per heavy atom. The number of furan rings is 1. The van der Waals surface area contributed by atoms with Gasteiger partial charge in [0.2, 0.25) is 5.88 Å². The monoisotopic (exact) mass is 448 g/mol. The molecule has 0 N–H and O–H groups in total. The lowest BCUT2D eigenvalue weighted by Gasteiger charge is -2.27. The normalized spacial score (nSPS) is 17.2. The standard InChI is InChI=1S/C25H28N4O4/c1-3-31-17(2)25(30)28-13-6-8-19(28)12-14-32-24-11-10-23-26-16-20(29(23)27-24)22-15-18-7-4-5-9-21(18)33-22/h4-5,7,9-11,15-17,19H,3,6,8,12-14H2,1-2H3. The highest BCUT2D eigenvalue weighted by Gasteiger charge is 2.31. The molecule has 1 aliphatic rings. The van der Waals surface area contributed by atoms with Crippen molar-refractivity contribution in [3.05, 3.63) is 48.7 Å². The maximum Gasteiger partial charge on any atom is 0.251 e. The third-order valence-corrected chi connectivity index (χ3v) is 6.14. The van der Waals surface area contributed by atoms with Gasteiger partial charge in [0.15, 0.2) is 11.4 Å². The number of hydrogen-bond donors (Lipinski definition) is 0. The molecular formula is C25H28N4O4. The third-order valence-electron chi connectivity index (χ3n) is 6.14. The molecule has 172 valence electrons. The average molecular weight is 449 g/mol. The van der Waals surface area contributed by atoms with E-state index in [-0.39, 0.29) is 11.9 Å². The summed E-state index contributed by atoms with van der Waals surface area (Å²) in [6.45, 7) is 5.52. The van der Waals surface area contributed by atoms with Crippen LogP contribution in [0.1, 0.15) is 33.1 Å². The summed E-state index contributed by atoms with van der Waals surface area (Å²) in [5.74, 6) is 1.28. The molecule has 0 aliphatic carbocycles. The van der Waals surface area contributed by atoms with Gasteiger partial charge in [-0.15, -0.1) is 5.10 Å². The Hall–Kier alpha value is -3.39. The van der Waals surface area contributed by atoms with E-state index in [4.69, 9.17) is 13.9 Å². The highest BCUT2D eigenvalue weighted by atomic mass is 16.5. The predicted octanol–water partition coefficient (Wildman–Crippen LogP) is 4.33. The zero-order valence-corrected chi connectivity index (χ0v) is 18.9. The van der Waals surface area contributed by atoms with Gasteiger partial charge in [-0.25, -0.2) is 9.50 Å². The Bertz CT molecular complexity index is 1230. The minimum atomic E-state index is -0.404. The number of carbonyl (C=O) groups excluding carboxylic acids is 1. The molecule has 1 fully saturated rings. The molecule has 8 nitrogen and oxygen atoms in total. The van der Waals surface area contributed by atoms with E-state index in [9.17, 15) is 4.79 Å². The summed E-state index contributed by atoms with van der Waals surface area (Å²) in [6.07, 6.45) is 4.10. The van der Waals surface area contributed by atoms with Crippen LogP contribution in [0.25, 0.3) is 28.1 Å². The number of amides is 1. The number of ether oxygens (including phenoxy) is 2. The molecule has 1 aromatic carbocycles. The van der Waals surface area contributed by atoms with Gasteiger partial charge in [0.05, 0.1) is 12.8 Å². The molecule has 33 heavy (non-hydrogen) atoms. The number of nitrogens with zero attached hydrogens (tertiary/aromatic N) is 4. The van der Waals surface area contributed by atoms with Crippen LogP contribution in [0.2, 0.25) is 0 Å². The highest BCUT2D eigenvalue weighted by Crippen LogP contribution is 2.28. The second-order valence-corrected chi connectivity index (χ2v) is 8.30. The molecule has 0 spiro atoms. The minimum absolute atomic E-state index is 0.0628. The fourth-order valence-corrected chi connectivity index (χ4v) is 4.49. The van der Waals surface area contributed by atoms with Gasteiger partial charge in [0.25, 0.3) is 5.91 Å². The molecule has 0 radical (unpaired) electrons. The summed E-state index contributed by atoms with van der Waals surface area (Å²) < 4.78 is 19.2. The summed E-state index contributed by atoms with van der Waals surface area (Å²) >= 11 is 0. The number of hydrogen-bond acceptors (Lipinski definition) is 6. The van der Waals surface area contributed by atoms with Crippen LogP contribution in [0.15, 0.2) is 53.1 Å². The van der Waals surface area contributed by atoms with Gasteiger partial charge in [-0.3, -0.25) is 4.79 Å². The summed E-state index contributed by atoms with van der Waals surface area (Å²) in [4.78, 5) is 19.0. The lowest BCUT2D eigenvalue weighted by Crippen LogP contribution is -2.42. The molecule has 0 bridgehead atoms. The molecule has 4 aromatic rings. The van der Waals surface area contributed by atoms with Crippen molar-refractivity contribution >= 4 is 22.5 Å². The molecule has 1 aliphatic heterocycles. The van der Waals surface area contributed by atoms with E-state index in [0.29, 0.717) is 24.9 Å². The van der Waals surface area contributed by atoms with E-state index in [1.165, 1.54) is 0 Å². The molecule has 2 atom stereocenters. The van der Waals surface area contributed by atoms with Gasteiger partial charge in [-0.05, 0) is 44.9 Å². The summed E-state index contributed by atoms with van der Waals surface area (Å²) in [5.41, 5.74) is 2.31. The topological polar surface area (TPSA) is 82.1 Å². The first kappa shape index (κ1) is 21.5. The smallest absolute Gasteiger partial charge is 0.251 e. The molecule has 1 amide bonds. The quantitative estimate of drug-likeness (QED) is 0.399. The molecule has 1 saturated heterocycles. The Morgan fingerprint density at radius 2 is 2.15 bits per heavy atom. The van der Waals surface area contributed by atoms with Crippen LogP contribution < -0.4 is 4.74 Å². The van der Waals surface area contributed by atoms with Gasteiger partial charge in [-0.2, -0.15) is 0 Å². The first-order chi connectivity index (χ1) is 16.1. The van der Waals surface area contributed by atoms with Crippen molar-refractivity contribution < 1.29 is 18.7 Å². The minimum Gasteiger partial charge on any atom is -0.477 e. The first-order valence-corrected chi connectivity index (χ1v) is 11.5. The van der Waals surface area contributed by atoms with Gasteiger partial charge in [-0.1, -0.05) is 18.2 Å². The number of carbonyl (C=O) groups is 1. The van der Waals surface area contributed by atoms with Crippen LogP contribution in [0.5, 0.6) is 5.88 Å². The molecule has 3 aromatic heterocycles. The van der Waals surface area contributed by atoms with Gasteiger partial charge >= 0.3 is 0 Å². The zero-order chi connectivity index (χ0) is 22.8. The first-order valence-electron chi connectivity index (χ1n) is 11.5. The SMILES string of the molecule is CCOC(C)C(=O)N1CCCC1CCOc1ccc2ncc(-c3cc4ccccc4o3)n2n1. The van der Waals surface area contributed by atoms with Crippen molar-refractivity contribution in [3.63, 3.8) is 0 Å². The summed E-state index contributed by atoms with van der Waals surface area (Å²) in [7, 11) is 0. The fourth-order valence-electron chi connectivity index (χ4n) is 4.49. The molecule has 2 unspecified atom stereocenters. The van der Waals surface area contributed by atoms with Gasteiger partial charge in [0.1, 0.15) is 17.4 Å². The lowest BCUT2D eigenvalue weighted by atomic mass is 10.1. The predicted molar refractivity (Wildman–Crippen MR) is 124 cm³/mol. The Morgan fingerprint density at radius 3 is 3.00 bits per heavy atom. The van der Waals surface area contributed by atoms with Crippen molar-refractivity contribution in [1.29, 1.82) is 0 Å². The van der Waals surface area contributed by atoms with Crippen LogP contribution in [0.4, 0.5) is 0 Å². The number of fused-ring (bicyclic) bond motifs is 2. The molecular weight excluding hydrogens is 420 g/mol. The van der Waals surface area contributed by atoms with Crippen LogP contribution in [-0.4, -0.2) is 57.3 Å². The molecule has 8 heteroatoms. The number of para-hydroxylation sites is 1. The molecule has 5 rings (SSSR count). The Balaban J connectivity index is 1.27. The summed E-state index contributed by atoms with van der Waals surface area (Å²) in [5, 5.41) is 5.66. The third kappa shape index (κ3) is 4.30. The van der Waals surface area contributed by atoms with Crippen LogP contribution in [-0.2, 0) is 9.53 Å². The number of aromatic nitrogens is 3. The lowest BCUT2D eigenvalue weighted by molar-refractivity contribution is -0.143. The number of imidazole rings is 1. The van der Waals surface area contributed by atoms with E-state index in [1.54, 1.807) is 10.7 Å². The molecule has 0 saturated carbocycles. The van der Waals surface area contributed by atoms with E-state index in [0.717, 1.165) is 48.1 Å². The number of benzene rings is 1. The average Bonchev–Trinajstić information content (AvgIpc) is 3.56. The van der Waals surface area contributed by atoms with Crippen molar-refractivity contribution in [3.8, 4) is 17.3 Å². The van der Waals surface area contributed by atoms with Crippen LogP contribution in [0.3, 0.4) is 0 Å². The van der Waals surface area contributed by atoms with Crippen molar-refractivity contribution in [2.45, 2.75) is 45.3 Å². The highest BCUT2D eigenvalue weighted by molar-refractivity contribution is 5.82. The van der Waals surface area contributed by atoms with Crippen molar-refractivity contribution in [2.75, 3.05) is 19.8 Å². The fraction of sp³-hybridized carbons (Fsp3) is 0.400. The maximum atomic E-state index is 12.7. The largest absolute Gasteiger partial charge is 0.477 e. The second-order valence-electron chi connectivity index (χ2n) is 8.30.